The Labute approximate surface area is 916 Å². The monoisotopic (exact) mass is 2140 g/mol. The Morgan fingerprint density at radius 1 is 0.458 bits per heavy atom. The van der Waals surface area contributed by atoms with Crippen molar-refractivity contribution in [3.8, 4) is 17.2 Å². The summed E-state index contributed by atoms with van der Waals surface area (Å²) >= 11 is 19.5. The van der Waals surface area contributed by atoms with Crippen molar-refractivity contribution in [2.24, 2.45) is 0 Å². The van der Waals surface area contributed by atoms with E-state index in [1.807, 2.05) is 73.7 Å². The number of carbonyl (C=O) groups excluding carboxylic acids is 7. The summed E-state index contributed by atoms with van der Waals surface area (Å²) in [5.41, 5.74) is 6.31. The number of carbonyl (C=O) groups is 7. The Morgan fingerprint density at radius 2 is 0.779 bits per heavy atom. The number of phenols is 1. The first-order valence-electron chi connectivity index (χ1n) is 41.8. The van der Waals surface area contributed by atoms with Gasteiger partial charge in [0.15, 0.2) is 36.6 Å². The van der Waals surface area contributed by atoms with Crippen molar-refractivity contribution in [2.45, 2.75) is 239 Å². The molecule has 9 fully saturated rings. The summed E-state index contributed by atoms with van der Waals surface area (Å²) in [5.74, 6) is -1.67. The standard InChI is InChI=1S/C30H33ClO9.C26H27ClO8.C24H27ClO6.C11H14O4S.CH2O3.CH3O.2Cs.Na.H/c1-17(32)36-27-26(40-30(11-12-30)29(38-19(3)34)28(27)37-18(2)33)21-6-9-25(31)22(15-21)14-20-4-7-23(8-5-20)39-24-10-13-35-16-24;1-14(28)32-23-22(35-26(10-11-26)25(34-16(3)30)24(23)33-15(2)29)18-6-9-21(27)19(13-18)12-17-4-7-20(31)8-5-17;25-19-6-3-15(22-20(26)21(27)23(28)24(31-22)8-9-24)12-16(19)11-14-1-4-17(5-2-14)30-18-7-10-29-13-18;1-9-2-4-11(5-3-9)16(12,13)15-10-6-7-14-8-10;2-1-4-3;1-2;;;;/h4-9,15,24,26-29H,10-14,16H2,1-3H3;4-9,13,22-25,31H,10-12H2,1-3H3;1-6,12,18,20-23,26-28H,7-11,13H2;2-5,10H,6-8H2,1H3;1,3H;1H3;;;;/q;;;;;-1;3*+1;-1/p-1/t24?,26-,27-,28+,29-;22-,23-,24+,25-;18?,20-,21-,22+,23+;10-;;;;;;/m0010....../s1. The van der Waals surface area contributed by atoms with E-state index >= 15 is 0 Å². The van der Waals surface area contributed by atoms with Crippen LogP contribution in [0.15, 0.2) is 157 Å². The van der Waals surface area contributed by atoms with Gasteiger partial charge in [-0.2, -0.15) is 15.5 Å². The predicted octanol–water partition coefficient (Wildman–Crippen LogP) is 1.34. The van der Waals surface area contributed by atoms with E-state index in [0.717, 1.165) is 82.6 Å². The molecule has 3 spiro atoms. The van der Waals surface area contributed by atoms with Gasteiger partial charge in [0.2, 0.25) is 0 Å². The van der Waals surface area contributed by atoms with Gasteiger partial charge in [0.25, 0.3) is 16.6 Å². The third kappa shape index (κ3) is 31.3. The summed E-state index contributed by atoms with van der Waals surface area (Å²) in [6.45, 7) is 12.9. The van der Waals surface area contributed by atoms with E-state index in [1.165, 1.54) is 41.5 Å². The van der Waals surface area contributed by atoms with E-state index in [9.17, 15) is 57.6 Å². The van der Waals surface area contributed by atoms with Crippen LogP contribution in [0, 0.1) is 6.92 Å². The maximum atomic E-state index is 12.2. The topological polar surface area (TPSA) is 428 Å². The average molecular weight is 2150 g/mol. The number of ether oxygens (including phenoxy) is 14. The van der Waals surface area contributed by atoms with Crippen LogP contribution in [0.1, 0.15) is 175 Å². The number of aliphatic hydroxyl groups excluding tert-OH is 3. The minimum absolute atomic E-state index is 0. The molecule has 131 heavy (non-hydrogen) atoms. The Hall–Kier alpha value is -4.33. The molecule has 2 unspecified atom stereocenters. The van der Waals surface area contributed by atoms with Crippen LogP contribution in [0.3, 0.4) is 0 Å². The number of benzene rings is 7. The van der Waals surface area contributed by atoms with E-state index < -0.39 is 136 Å². The van der Waals surface area contributed by atoms with Gasteiger partial charge >= 0.3 is 203 Å². The molecule has 0 aromatic heterocycles. The zero-order chi connectivity index (χ0) is 92.4. The zero-order valence-electron chi connectivity index (χ0n) is 75.8. The molecule has 694 valence electrons. The van der Waals surface area contributed by atoms with Crippen molar-refractivity contribution in [1.29, 1.82) is 0 Å². The molecule has 3 saturated carbocycles. The van der Waals surface area contributed by atoms with E-state index in [0.29, 0.717) is 123 Å². The van der Waals surface area contributed by atoms with Gasteiger partial charge < -0.3 is 103 Å². The van der Waals surface area contributed by atoms with Crippen LogP contribution in [0.25, 0.3) is 0 Å². The molecular weight excluding hydrogens is 2040 g/mol. The Bertz CT molecular complexity index is 5060. The number of aromatic hydroxyl groups is 1. The van der Waals surface area contributed by atoms with Crippen molar-refractivity contribution in [3.63, 3.8) is 0 Å². The van der Waals surface area contributed by atoms with Gasteiger partial charge in [-0.05, 0) is 182 Å². The van der Waals surface area contributed by atoms with Gasteiger partial charge in [0.1, 0.15) is 83.4 Å². The summed E-state index contributed by atoms with van der Waals surface area (Å²) in [5, 5.41) is 59.1. The van der Waals surface area contributed by atoms with E-state index in [-0.39, 0.29) is 204 Å². The van der Waals surface area contributed by atoms with E-state index in [1.54, 1.807) is 84.9 Å². The summed E-state index contributed by atoms with van der Waals surface area (Å²) in [4.78, 5) is 83.6. The number of hydrogen-bond acceptors (Lipinski definition) is 31. The number of aryl methyl sites for hydroxylation is 1. The summed E-state index contributed by atoms with van der Waals surface area (Å²) in [7, 11) is -2.89. The van der Waals surface area contributed by atoms with Crippen LogP contribution < -0.4 is 187 Å². The van der Waals surface area contributed by atoms with Gasteiger partial charge in [-0.3, -0.25) is 37.7 Å². The third-order valence-corrected chi connectivity index (χ3v) is 25.0. The molecule has 3 aliphatic carbocycles. The first-order chi connectivity index (χ1) is 61.1. The first kappa shape index (κ1) is 112. The molecule has 7 aromatic rings. The van der Waals surface area contributed by atoms with Crippen molar-refractivity contribution in [1.82, 2.24) is 0 Å². The molecule has 6 heterocycles. The Kier molecular flexibility index (Phi) is 44.5. The molecular formula is C93H106Cl3Cs2NaO31S. The second kappa shape index (κ2) is 52.1. The second-order valence-electron chi connectivity index (χ2n) is 32.4. The number of rotatable bonds is 23. The van der Waals surface area contributed by atoms with Crippen LogP contribution in [-0.4, -0.2) is 208 Å². The molecule has 4 N–H and O–H groups in total. The molecule has 16 rings (SSSR count). The van der Waals surface area contributed by atoms with Crippen molar-refractivity contribution < 1.29 is 317 Å². The normalized spacial score (nSPS) is 25.0. The average Bonchev–Trinajstić information content (AvgIpc) is 1.57. The zero-order valence-corrected chi connectivity index (χ0v) is 92.4. The molecule has 6 saturated heterocycles. The third-order valence-electron chi connectivity index (χ3n) is 22.6. The van der Waals surface area contributed by atoms with Crippen LogP contribution in [0.2, 0.25) is 15.1 Å². The maximum absolute atomic E-state index is 12.2. The fraction of sp³-hybridized carbons (Fsp3) is 0.473. The van der Waals surface area contributed by atoms with Gasteiger partial charge in [-0.1, -0.05) is 125 Å². The molecule has 0 radical (unpaired) electrons. The Balaban J connectivity index is 0.000000241. The van der Waals surface area contributed by atoms with Crippen molar-refractivity contribution in [2.75, 3.05) is 46.8 Å². The quantitative estimate of drug-likeness (QED) is 0.0133. The van der Waals surface area contributed by atoms with Gasteiger partial charge in [0, 0.05) is 82.5 Å². The van der Waals surface area contributed by atoms with Crippen LogP contribution in [0.5, 0.6) is 17.2 Å². The smallest absolute Gasteiger partial charge is 1.00 e. The fourth-order valence-electron chi connectivity index (χ4n) is 16.0. The fourth-order valence-corrected chi connectivity index (χ4v) is 17.6. The van der Waals surface area contributed by atoms with Gasteiger partial charge in [-0.25, -0.2) is 0 Å². The molecule has 38 heteroatoms. The predicted molar refractivity (Wildman–Crippen MR) is 455 cm³/mol. The Morgan fingerprint density at radius 3 is 1.10 bits per heavy atom. The molecule has 7 aromatic carbocycles. The number of aliphatic hydroxyl groups is 3. The SMILES string of the molecule is CC(=O)O[C@@H]1[C@@H](OC(C)=O)[C@H](OC(C)=O)C2(CC2)O[C@H]1c1ccc(Cl)c(Cc2ccc(O)cc2)c1.CC(=O)O[C@@H]1[C@@H](OC(C)=O)[C@H](OC(C)=O)C2(CC2)O[C@H]1c1ccc(Cl)c(Cc2ccc(OC3CCOC3)cc2)c1.C[O-].Cc1ccc(S(=O)(=O)O[C@H]2CCOC2)cc1.O=CO[O-].O[C@@H]1[C@@H](O)[C@H](O)C2(CC2)O[C@H]1c1ccc(Cl)c(Cc2ccc(OC3CCOC3)cc2)c1.[Cs+].[Cs+].[H-].[Na+]. The molecule has 9 aliphatic rings. The van der Waals surface area contributed by atoms with Crippen molar-refractivity contribution in [3.05, 3.63) is 222 Å². The summed E-state index contributed by atoms with van der Waals surface area (Å²) < 4.78 is 109. The first-order valence-corrected chi connectivity index (χ1v) is 44.3. The van der Waals surface area contributed by atoms with Crippen LogP contribution in [0.4, 0.5) is 0 Å². The van der Waals surface area contributed by atoms with Crippen molar-refractivity contribution >= 4 is 87.2 Å². The summed E-state index contributed by atoms with van der Waals surface area (Å²) in [6.07, 6.45) is -4.09. The molecule has 0 bridgehead atoms. The van der Waals surface area contributed by atoms with Crippen LogP contribution in [-0.2, 0) is 129 Å². The molecule has 6 aliphatic heterocycles. The maximum Gasteiger partial charge on any atom is 1.00 e. The minimum Gasteiger partial charge on any atom is -1.00 e. The van der Waals surface area contributed by atoms with Gasteiger partial charge in [-0.15, -0.1) is 0 Å². The minimum atomic E-state index is -3.64. The van der Waals surface area contributed by atoms with Gasteiger partial charge in [0.05, 0.1) is 43.5 Å². The number of halogens is 3. The molecule has 31 nitrogen and oxygen atoms in total. The number of esters is 6. The second-order valence-corrected chi connectivity index (χ2v) is 35.2. The molecule has 0 amide bonds. The number of phenolic OH excluding ortho intramolecular Hbond substituents is 1. The van der Waals surface area contributed by atoms with E-state index in [4.69, 9.17) is 120 Å². The largest absolute Gasteiger partial charge is 1.00 e. The van der Waals surface area contributed by atoms with Crippen LogP contribution >= 0.6 is 34.8 Å². The summed E-state index contributed by atoms with van der Waals surface area (Å²) in [6, 6.07) is 45.6. The molecule has 15 atom stereocenters. The van der Waals surface area contributed by atoms with E-state index in [2.05, 4.69) is 4.89 Å². The number of hydrogen-bond donors (Lipinski definition) is 4.